The summed E-state index contributed by atoms with van der Waals surface area (Å²) < 4.78 is 5.58. The number of amides is 1. The molecular formula is C14H16BrNO4. The van der Waals surface area contributed by atoms with Crippen LogP contribution in [0.4, 0.5) is 0 Å². The van der Waals surface area contributed by atoms with Crippen molar-refractivity contribution in [3.63, 3.8) is 0 Å². The molecule has 1 aliphatic rings. The second-order valence-corrected chi connectivity index (χ2v) is 5.76. The average molecular weight is 342 g/mol. The third-order valence-electron chi connectivity index (χ3n) is 3.43. The minimum Gasteiger partial charge on any atom is -0.467 e. The summed E-state index contributed by atoms with van der Waals surface area (Å²) in [5.41, 5.74) is 1.34. The Morgan fingerprint density at radius 3 is 2.75 bits per heavy atom. The Kier molecular flexibility index (Phi) is 4.45. The number of benzene rings is 1. The van der Waals surface area contributed by atoms with E-state index < -0.39 is 18.1 Å². The maximum absolute atomic E-state index is 12.5. The van der Waals surface area contributed by atoms with Crippen molar-refractivity contribution in [1.29, 1.82) is 0 Å². The van der Waals surface area contributed by atoms with Gasteiger partial charge in [0.05, 0.1) is 13.2 Å². The van der Waals surface area contributed by atoms with Crippen LogP contribution in [0.1, 0.15) is 22.3 Å². The number of likely N-dealkylation sites (tertiary alicyclic amines) is 1. The van der Waals surface area contributed by atoms with Gasteiger partial charge in [0.2, 0.25) is 0 Å². The summed E-state index contributed by atoms with van der Waals surface area (Å²) in [6.07, 6.45) is -0.479. The van der Waals surface area contributed by atoms with Crippen molar-refractivity contribution in [2.24, 2.45) is 0 Å². The number of β-amino-alcohol motifs (C(OH)–C–C–N with tert-alkyl or cyclic N) is 1. The van der Waals surface area contributed by atoms with Crippen molar-refractivity contribution < 1.29 is 19.4 Å². The molecule has 1 saturated heterocycles. The van der Waals surface area contributed by atoms with Gasteiger partial charge in [0.25, 0.3) is 5.91 Å². The van der Waals surface area contributed by atoms with E-state index in [9.17, 15) is 14.7 Å². The highest BCUT2D eigenvalue weighted by atomic mass is 79.9. The maximum Gasteiger partial charge on any atom is 0.328 e. The number of ether oxygens (including phenoxy) is 1. The lowest BCUT2D eigenvalue weighted by Crippen LogP contribution is -2.41. The summed E-state index contributed by atoms with van der Waals surface area (Å²) in [5.74, 6) is -0.758. The predicted octanol–water partition coefficient (Wildman–Crippen LogP) is 1.51. The third kappa shape index (κ3) is 2.86. The summed E-state index contributed by atoms with van der Waals surface area (Å²) in [5, 5.41) is 9.71. The topological polar surface area (TPSA) is 66.8 Å². The molecule has 6 heteroatoms. The fourth-order valence-electron chi connectivity index (χ4n) is 2.42. The van der Waals surface area contributed by atoms with Crippen LogP contribution in [-0.2, 0) is 9.53 Å². The molecule has 20 heavy (non-hydrogen) atoms. The van der Waals surface area contributed by atoms with Gasteiger partial charge in [-0.1, -0.05) is 15.9 Å². The van der Waals surface area contributed by atoms with Gasteiger partial charge in [0.15, 0.2) is 0 Å². The van der Waals surface area contributed by atoms with Crippen LogP contribution in [-0.4, -0.2) is 47.7 Å². The summed E-state index contributed by atoms with van der Waals surface area (Å²) in [6, 6.07) is 4.61. The molecule has 0 radical (unpaired) electrons. The lowest BCUT2D eigenvalue weighted by molar-refractivity contribution is -0.145. The highest BCUT2D eigenvalue weighted by Crippen LogP contribution is 2.24. The lowest BCUT2D eigenvalue weighted by Gasteiger charge is -2.23. The molecule has 1 aromatic rings. The number of esters is 1. The molecule has 108 valence electrons. The van der Waals surface area contributed by atoms with Crippen LogP contribution in [0.15, 0.2) is 22.7 Å². The van der Waals surface area contributed by atoms with Crippen molar-refractivity contribution in [1.82, 2.24) is 4.90 Å². The number of rotatable bonds is 2. The first-order valence-corrected chi connectivity index (χ1v) is 7.06. The number of carbonyl (C=O) groups is 2. The predicted molar refractivity (Wildman–Crippen MR) is 76.3 cm³/mol. The lowest BCUT2D eigenvalue weighted by atomic mass is 10.1. The SMILES string of the molecule is COC(=O)[C@@H]1C[C@@H](O)CN1C(=O)c1ccc(Br)cc1C. The first kappa shape index (κ1) is 15.0. The molecule has 1 heterocycles. The van der Waals surface area contributed by atoms with E-state index in [-0.39, 0.29) is 18.9 Å². The molecule has 1 fully saturated rings. The largest absolute Gasteiger partial charge is 0.467 e. The van der Waals surface area contributed by atoms with Crippen molar-refractivity contribution in [3.05, 3.63) is 33.8 Å². The van der Waals surface area contributed by atoms with Crippen LogP contribution in [0.5, 0.6) is 0 Å². The van der Waals surface area contributed by atoms with Gasteiger partial charge in [-0.2, -0.15) is 0 Å². The number of aliphatic hydroxyl groups excluding tert-OH is 1. The molecule has 0 unspecified atom stereocenters. The smallest absolute Gasteiger partial charge is 0.328 e. The van der Waals surface area contributed by atoms with Crippen molar-refractivity contribution in [3.8, 4) is 0 Å². The van der Waals surface area contributed by atoms with Gasteiger partial charge in [-0.25, -0.2) is 4.79 Å². The molecule has 1 aliphatic heterocycles. The quantitative estimate of drug-likeness (QED) is 0.828. The Labute approximate surface area is 125 Å². The molecule has 5 nitrogen and oxygen atoms in total. The number of halogens is 1. The van der Waals surface area contributed by atoms with Gasteiger partial charge in [-0.3, -0.25) is 4.79 Å². The van der Waals surface area contributed by atoms with Crippen LogP contribution < -0.4 is 0 Å². The zero-order chi connectivity index (χ0) is 14.9. The highest BCUT2D eigenvalue weighted by molar-refractivity contribution is 9.10. The van der Waals surface area contributed by atoms with Gasteiger partial charge in [-0.05, 0) is 30.7 Å². The maximum atomic E-state index is 12.5. The molecule has 1 amide bonds. The first-order valence-electron chi connectivity index (χ1n) is 6.27. The van der Waals surface area contributed by atoms with E-state index in [4.69, 9.17) is 4.74 Å². The van der Waals surface area contributed by atoms with E-state index in [0.29, 0.717) is 5.56 Å². The number of hydrogen-bond donors (Lipinski definition) is 1. The number of nitrogens with zero attached hydrogens (tertiary/aromatic N) is 1. The minimum atomic E-state index is -0.717. The Morgan fingerprint density at radius 1 is 1.45 bits per heavy atom. The second kappa shape index (κ2) is 5.93. The Morgan fingerprint density at radius 2 is 2.15 bits per heavy atom. The fourth-order valence-corrected chi connectivity index (χ4v) is 2.90. The molecule has 2 atom stereocenters. The van der Waals surface area contributed by atoms with Crippen LogP contribution in [0, 0.1) is 6.92 Å². The van der Waals surface area contributed by atoms with E-state index in [1.807, 2.05) is 13.0 Å². The van der Waals surface area contributed by atoms with Gasteiger partial charge >= 0.3 is 5.97 Å². The summed E-state index contributed by atoms with van der Waals surface area (Å²) in [7, 11) is 1.28. The fraction of sp³-hybridized carbons (Fsp3) is 0.429. The first-order chi connectivity index (χ1) is 9.43. The normalized spacial score (nSPS) is 21.9. The van der Waals surface area contributed by atoms with Gasteiger partial charge in [0.1, 0.15) is 6.04 Å². The Balaban J connectivity index is 2.29. The van der Waals surface area contributed by atoms with E-state index >= 15 is 0 Å². The van der Waals surface area contributed by atoms with Gasteiger partial charge in [-0.15, -0.1) is 0 Å². The molecule has 0 aromatic heterocycles. The van der Waals surface area contributed by atoms with E-state index in [1.165, 1.54) is 12.0 Å². The van der Waals surface area contributed by atoms with Crippen molar-refractivity contribution in [2.45, 2.75) is 25.5 Å². The molecule has 0 aliphatic carbocycles. The summed E-state index contributed by atoms with van der Waals surface area (Å²) in [4.78, 5) is 25.6. The van der Waals surface area contributed by atoms with Gasteiger partial charge < -0.3 is 14.7 Å². The van der Waals surface area contributed by atoms with Crippen molar-refractivity contribution >= 4 is 27.8 Å². The average Bonchev–Trinajstić information content (AvgIpc) is 2.79. The number of aliphatic hydroxyl groups is 1. The molecule has 2 rings (SSSR count). The van der Waals surface area contributed by atoms with Crippen LogP contribution in [0.2, 0.25) is 0 Å². The van der Waals surface area contributed by atoms with Crippen LogP contribution in [0.3, 0.4) is 0 Å². The second-order valence-electron chi connectivity index (χ2n) is 4.85. The Hall–Kier alpha value is -1.40. The van der Waals surface area contributed by atoms with Crippen LogP contribution >= 0.6 is 15.9 Å². The third-order valence-corrected chi connectivity index (χ3v) is 3.93. The Bertz CT molecular complexity index is 546. The molecule has 0 spiro atoms. The minimum absolute atomic E-state index is 0.147. The van der Waals surface area contributed by atoms with E-state index in [0.717, 1.165) is 10.0 Å². The zero-order valence-corrected chi connectivity index (χ0v) is 12.9. The van der Waals surface area contributed by atoms with Crippen molar-refractivity contribution in [2.75, 3.05) is 13.7 Å². The molecule has 0 saturated carbocycles. The number of hydrogen-bond acceptors (Lipinski definition) is 4. The standard InChI is InChI=1S/C14H16BrNO4/c1-8-5-9(15)3-4-11(8)13(18)16-7-10(17)6-12(16)14(19)20-2/h3-5,10,12,17H,6-7H2,1-2H3/t10-,12+/m1/s1. The van der Waals surface area contributed by atoms with E-state index in [2.05, 4.69) is 15.9 Å². The van der Waals surface area contributed by atoms with Gasteiger partial charge in [0, 0.05) is 23.0 Å². The zero-order valence-electron chi connectivity index (χ0n) is 11.3. The summed E-state index contributed by atoms with van der Waals surface area (Å²) >= 11 is 3.35. The summed E-state index contributed by atoms with van der Waals surface area (Å²) in [6.45, 7) is 1.98. The molecule has 1 N–H and O–H groups in total. The van der Waals surface area contributed by atoms with E-state index in [1.54, 1.807) is 12.1 Å². The number of aryl methyl sites for hydroxylation is 1. The molecule has 1 aromatic carbocycles. The highest BCUT2D eigenvalue weighted by Gasteiger charge is 2.40. The molecular weight excluding hydrogens is 326 g/mol. The number of methoxy groups -OCH3 is 1. The molecule has 0 bridgehead atoms. The van der Waals surface area contributed by atoms with Crippen LogP contribution in [0.25, 0.3) is 0 Å². The number of carbonyl (C=O) groups excluding carboxylic acids is 2. The monoisotopic (exact) mass is 341 g/mol.